The molecule has 8 heteroatoms. The molecule has 1 aromatic heterocycles. The zero-order valence-corrected chi connectivity index (χ0v) is 16.1. The van der Waals surface area contributed by atoms with Crippen molar-refractivity contribution < 1.29 is 9.59 Å². The number of rotatable bonds is 4. The molecule has 1 aliphatic carbocycles. The van der Waals surface area contributed by atoms with E-state index < -0.39 is 0 Å². The number of carbonyl (C=O) groups excluding carboxylic acids is 2. The molecular weight excluding hydrogens is 344 g/mol. The highest BCUT2D eigenvalue weighted by Gasteiger charge is 2.42. The Morgan fingerprint density at radius 1 is 1.15 bits per heavy atom. The highest BCUT2D eigenvalue weighted by atomic mass is 16.2. The minimum atomic E-state index is -0.100. The van der Waals surface area contributed by atoms with Crippen LogP contribution in [0.2, 0.25) is 0 Å². The van der Waals surface area contributed by atoms with Crippen molar-refractivity contribution in [1.82, 2.24) is 24.8 Å². The Balaban J connectivity index is 1.46. The number of amides is 2. The van der Waals surface area contributed by atoms with E-state index in [1.807, 2.05) is 14.5 Å². The Labute approximate surface area is 160 Å². The van der Waals surface area contributed by atoms with Crippen molar-refractivity contribution in [2.24, 2.45) is 11.7 Å². The standard InChI is InChI=1S/C19H30N6O2/c1-2-9-24-16-6-3-13(18(24)26)10-23(11-16)19(27)17-12-25(22-21-17)15-7-4-14(20)5-8-15/h12-16H,2-11,20H2,1H3. The van der Waals surface area contributed by atoms with Gasteiger partial charge in [0.1, 0.15) is 0 Å². The minimum absolute atomic E-state index is 0.0749. The normalized spacial score (nSPS) is 31.3. The minimum Gasteiger partial charge on any atom is -0.338 e. The van der Waals surface area contributed by atoms with E-state index in [-0.39, 0.29) is 35.9 Å². The van der Waals surface area contributed by atoms with Crippen LogP contribution >= 0.6 is 0 Å². The zero-order valence-electron chi connectivity index (χ0n) is 16.1. The molecule has 3 aliphatic heterocycles. The molecule has 2 atom stereocenters. The molecule has 148 valence electrons. The van der Waals surface area contributed by atoms with Gasteiger partial charge in [-0.1, -0.05) is 12.1 Å². The fraction of sp³-hybridized carbons (Fsp3) is 0.789. The van der Waals surface area contributed by atoms with Gasteiger partial charge >= 0.3 is 0 Å². The monoisotopic (exact) mass is 374 g/mol. The van der Waals surface area contributed by atoms with E-state index in [2.05, 4.69) is 17.2 Å². The average molecular weight is 374 g/mol. The Hall–Kier alpha value is -1.96. The van der Waals surface area contributed by atoms with Gasteiger partial charge in [-0.3, -0.25) is 9.59 Å². The van der Waals surface area contributed by atoms with Crippen LogP contribution in [0.4, 0.5) is 0 Å². The molecule has 4 heterocycles. The van der Waals surface area contributed by atoms with Gasteiger partial charge in [0.25, 0.3) is 5.91 Å². The van der Waals surface area contributed by atoms with Gasteiger partial charge in [0.15, 0.2) is 5.69 Å². The number of nitrogens with two attached hydrogens (primary N) is 1. The third-order valence-corrected chi connectivity index (χ3v) is 6.39. The van der Waals surface area contributed by atoms with Crippen molar-refractivity contribution in [2.75, 3.05) is 19.6 Å². The lowest BCUT2D eigenvalue weighted by Crippen LogP contribution is -2.48. The molecule has 2 amide bonds. The van der Waals surface area contributed by atoms with Gasteiger partial charge in [0.2, 0.25) is 5.91 Å². The summed E-state index contributed by atoms with van der Waals surface area (Å²) in [5.74, 6) is 0.0385. The molecule has 2 bridgehead atoms. The molecule has 0 aromatic carbocycles. The predicted octanol–water partition coefficient (Wildman–Crippen LogP) is 1.19. The van der Waals surface area contributed by atoms with Crippen molar-refractivity contribution in [3.63, 3.8) is 0 Å². The van der Waals surface area contributed by atoms with Gasteiger partial charge < -0.3 is 15.5 Å². The summed E-state index contributed by atoms with van der Waals surface area (Å²) in [4.78, 5) is 29.5. The SMILES string of the molecule is CCCN1C(=O)C2CCC1CN(C(=O)c1cn(C3CCC(N)CC3)nn1)C2. The summed E-state index contributed by atoms with van der Waals surface area (Å²) in [6, 6.07) is 0.692. The number of piperidine rings is 1. The molecule has 3 saturated heterocycles. The van der Waals surface area contributed by atoms with E-state index in [1.54, 1.807) is 6.20 Å². The van der Waals surface area contributed by atoms with Crippen molar-refractivity contribution in [1.29, 1.82) is 0 Å². The zero-order chi connectivity index (χ0) is 19.0. The molecule has 2 N–H and O–H groups in total. The van der Waals surface area contributed by atoms with Crippen LogP contribution in [0.1, 0.15) is 68.4 Å². The van der Waals surface area contributed by atoms with Crippen LogP contribution in [0, 0.1) is 5.92 Å². The molecule has 2 unspecified atom stereocenters. The lowest BCUT2D eigenvalue weighted by atomic mass is 9.92. The van der Waals surface area contributed by atoms with Gasteiger partial charge in [-0.15, -0.1) is 5.10 Å². The Morgan fingerprint density at radius 2 is 1.89 bits per heavy atom. The Bertz CT molecular complexity index is 696. The number of hydrogen-bond acceptors (Lipinski definition) is 5. The third-order valence-electron chi connectivity index (χ3n) is 6.39. The van der Waals surface area contributed by atoms with Crippen molar-refractivity contribution in [3.8, 4) is 0 Å². The van der Waals surface area contributed by atoms with Gasteiger partial charge in [0, 0.05) is 31.7 Å². The van der Waals surface area contributed by atoms with Crippen LogP contribution in [-0.2, 0) is 4.79 Å². The lowest BCUT2D eigenvalue weighted by Gasteiger charge is -2.35. The smallest absolute Gasteiger partial charge is 0.276 e. The molecule has 4 fully saturated rings. The maximum atomic E-state index is 13.1. The van der Waals surface area contributed by atoms with Crippen LogP contribution in [0.5, 0.6) is 0 Å². The van der Waals surface area contributed by atoms with Crippen LogP contribution in [0.15, 0.2) is 6.20 Å². The first kappa shape index (κ1) is 18.4. The molecule has 4 aliphatic rings. The topological polar surface area (TPSA) is 97.4 Å². The lowest BCUT2D eigenvalue weighted by molar-refractivity contribution is -0.139. The molecule has 1 aromatic rings. The summed E-state index contributed by atoms with van der Waals surface area (Å²) in [7, 11) is 0. The second-order valence-corrected chi connectivity index (χ2v) is 8.32. The van der Waals surface area contributed by atoms with E-state index >= 15 is 0 Å². The molecule has 0 spiro atoms. The highest BCUT2D eigenvalue weighted by Crippen LogP contribution is 2.30. The number of aromatic nitrogens is 3. The predicted molar refractivity (Wildman–Crippen MR) is 99.9 cm³/mol. The Morgan fingerprint density at radius 3 is 2.63 bits per heavy atom. The Kier molecular flexibility index (Phi) is 5.16. The van der Waals surface area contributed by atoms with Gasteiger partial charge in [-0.2, -0.15) is 0 Å². The summed E-state index contributed by atoms with van der Waals surface area (Å²) in [5, 5.41) is 8.37. The molecule has 5 rings (SSSR count). The summed E-state index contributed by atoms with van der Waals surface area (Å²) in [5.41, 5.74) is 6.37. The van der Waals surface area contributed by atoms with Crippen LogP contribution in [0.3, 0.4) is 0 Å². The number of nitrogens with zero attached hydrogens (tertiary/aromatic N) is 5. The van der Waals surface area contributed by atoms with Crippen molar-refractivity contribution in [2.45, 2.75) is 70.0 Å². The van der Waals surface area contributed by atoms with Crippen LogP contribution in [0.25, 0.3) is 0 Å². The largest absolute Gasteiger partial charge is 0.338 e. The number of carbonyl (C=O) groups is 2. The average Bonchev–Trinajstić information content (AvgIpc) is 3.00. The summed E-state index contributed by atoms with van der Waals surface area (Å²) < 4.78 is 1.83. The van der Waals surface area contributed by atoms with Gasteiger partial charge in [-0.25, -0.2) is 4.68 Å². The fourth-order valence-corrected chi connectivity index (χ4v) is 4.82. The van der Waals surface area contributed by atoms with Crippen molar-refractivity contribution in [3.05, 3.63) is 11.9 Å². The maximum absolute atomic E-state index is 13.1. The summed E-state index contributed by atoms with van der Waals surface area (Å²) in [6.45, 7) is 3.97. The van der Waals surface area contributed by atoms with Crippen molar-refractivity contribution >= 4 is 11.8 Å². The molecule has 1 saturated carbocycles. The van der Waals surface area contributed by atoms with Crippen LogP contribution < -0.4 is 5.73 Å². The molecule has 27 heavy (non-hydrogen) atoms. The maximum Gasteiger partial charge on any atom is 0.276 e. The third kappa shape index (κ3) is 3.59. The first-order chi connectivity index (χ1) is 13.1. The number of fused-ring (bicyclic) bond motifs is 4. The van der Waals surface area contributed by atoms with E-state index in [4.69, 9.17) is 5.73 Å². The van der Waals surface area contributed by atoms with Gasteiger partial charge in [-0.05, 0) is 44.9 Å². The quantitative estimate of drug-likeness (QED) is 0.854. The van der Waals surface area contributed by atoms with E-state index in [0.717, 1.165) is 51.5 Å². The first-order valence-electron chi connectivity index (χ1n) is 10.3. The fourth-order valence-electron chi connectivity index (χ4n) is 4.82. The first-order valence-corrected chi connectivity index (χ1v) is 10.3. The second kappa shape index (κ2) is 7.58. The summed E-state index contributed by atoms with van der Waals surface area (Å²) >= 11 is 0. The highest BCUT2D eigenvalue weighted by molar-refractivity contribution is 5.93. The van der Waals surface area contributed by atoms with Crippen LogP contribution in [-0.4, -0.2) is 68.3 Å². The summed E-state index contributed by atoms with van der Waals surface area (Å²) in [6.07, 6.45) is 8.51. The second-order valence-electron chi connectivity index (χ2n) is 8.32. The molecular formula is C19H30N6O2. The number of hydrogen-bond donors (Lipinski definition) is 1. The van der Waals surface area contributed by atoms with Gasteiger partial charge in [0.05, 0.1) is 18.2 Å². The van der Waals surface area contributed by atoms with E-state index in [0.29, 0.717) is 18.8 Å². The molecule has 8 nitrogen and oxygen atoms in total. The molecule has 0 radical (unpaired) electrons. The van der Waals surface area contributed by atoms with E-state index in [9.17, 15) is 9.59 Å². The van der Waals surface area contributed by atoms with E-state index in [1.165, 1.54) is 0 Å².